The van der Waals surface area contributed by atoms with Gasteiger partial charge in [-0.05, 0) is 39.3 Å². The van der Waals surface area contributed by atoms with Gasteiger partial charge in [-0.25, -0.2) is 0 Å². The van der Waals surface area contributed by atoms with E-state index in [1.54, 1.807) is 32.3 Å². The first-order valence-electron chi connectivity index (χ1n) is 8.40. The van der Waals surface area contributed by atoms with Crippen molar-refractivity contribution >= 4 is 20.2 Å². The summed E-state index contributed by atoms with van der Waals surface area (Å²) in [6, 6.07) is -0.805. The van der Waals surface area contributed by atoms with Gasteiger partial charge in [-0.15, -0.1) is 0 Å². The van der Waals surface area contributed by atoms with Gasteiger partial charge in [0.25, 0.3) is 20.2 Å². The van der Waals surface area contributed by atoms with Crippen molar-refractivity contribution in [2.75, 3.05) is 14.1 Å². The molecule has 0 aliphatic heterocycles. The minimum atomic E-state index is -4.21. The Morgan fingerprint density at radius 1 is 1.08 bits per heavy atom. The summed E-state index contributed by atoms with van der Waals surface area (Å²) in [7, 11) is -5.11. The van der Waals surface area contributed by atoms with Crippen LogP contribution in [0.25, 0.3) is 0 Å². The fraction of sp³-hybridized carbons (Fsp3) is 0.625. The third-order valence-corrected chi connectivity index (χ3v) is 7.38. The summed E-state index contributed by atoms with van der Waals surface area (Å²) >= 11 is 0. The van der Waals surface area contributed by atoms with Crippen LogP contribution in [-0.2, 0) is 20.2 Å². The molecule has 0 bridgehead atoms. The summed E-state index contributed by atoms with van der Waals surface area (Å²) in [5, 5.41) is 3.81. The molecular weight excluding hydrogens is 380 g/mol. The van der Waals surface area contributed by atoms with E-state index < -0.39 is 36.8 Å². The second kappa shape index (κ2) is 8.32. The minimum Gasteiger partial charge on any atom is -0.315 e. The van der Waals surface area contributed by atoms with Crippen LogP contribution in [-0.4, -0.2) is 62.6 Å². The molecule has 2 rings (SSSR count). The fourth-order valence-electron chi connectivity index (χ4n) is 3.50. The average Bonchev–Trinajstić information content (AvgIpc) is 2.58. The second-order valence-corrected chi connectivity index (χ2v) is 9.88. The van der Waals surface area contributed by atoms with Crippen LogP contribution in [0.2, 0.25) is 0 Å². The van der Waals surface area contributed by atoms with Crippen molar-refractivity contribution in [3.8, 4) is 0 Å². The molecule has 0 amide bonds. The maximum atomic E-state index is 11.6. The molecule has 0 aromatic heterocycles. The van der Waals surface area contributed by atoms with Crippen LogP contribution in [0.1, 0.15) is 19.3 Å². The molecule has 148 valence electrons. The summed E-state index contributed by atoms with van der Waals surface area (Å²) in [6.07, 6.45) is 10.1. The molecule has 5 atom stereocenters. The quantitative estimate of drug-likeness (QED) is 0.371. The number of hydrogen-bond donors (Lipinski definition) is 4. The Morgan fingerprint density at radius 2 is 1.77 bits per heavy atom. The van der Waals surface area contributed by atoms with Crippen LogP contribution < -0.4 is 10.6 Å². The lowest BCUT2D eigenvalue weighted by molar-refractivity contribution is 0.427. The summed E-state index contributed by atoms with van der Waals surface area (Å²) in [5.41, 5.74) is 0.770. The topological polar surface area (TPSA) is 133 Å². The Labute approximate surface area is 154 Å². The zero-order valence-electron chi connectivity index (χ0n) is 14.7. The van der Waals surface area contributed by atoms with Crippen LogP contribution in [0.5, 0.6) is 0 Å². The molecule has 0 fully saturated rings. The van der Waals surface area contributed by atoms with Crippen molar-refractivity contribution in [3.63, 3.8) is 0 Å². The number of rotatable bonds is 6. The Kier molecular flexibility index (Phi) is 6.81. The van der Waals surface area contributed by atoms with Gasteiger partial charge in [-0.3, -0.25) is 9.11 Å². The number of likely N-dealkylation sites (N-methyl/N-ethyl adjacent to an activating group) is 1. The van der Waals surface area contributed by atoms with Gasteiger partial charge in [0.1, 0.15) is 10.5 Å². The van der Waals surface area contributed by atoms with E-state index in [-0.39, 0.29) is 18.4 Å². The predicted octanol–water partition coefficient (Wildman–Crippen LogP) is 0.528. The van der Waals surface area contributed by atoms with E-state index in [2.05, 4.69) is 10.6 Å². The molecule has 0 radical (unpaired) electrons. The monoisotopic (exact) mass is 406 g/mol. The fourth-order valence-corrected chi connectivity index (χ4v) is 5.59. The van der Waals surface area contributed by atoms with Crippen LogP contribution in [0.15, 0.2) is 36.0 Å². The predicted molar refractivity (Wildman–Crippen MR) is 100 cm³/mol. The van der Waals surface area contributed by atoms with Gasteiger partial charge >= 0.3 is 0 Å². The van der Waals surface area contributed by atoms with Gasteiger partial charge in [0, 0.05) is 12.1 Å². The molecule has 10 heteroatoms. The van der Waals surface area contributed by atoms with Gasteiger partial charge in [-0.1, -0.05) is 36.0 Å². The summed E-state index contributed by atoms with van der Waals surface area (Å²) in [4.78, 5) is 0. The molecule has 0 spiro atoms. The maximum absolute atomic E-state index is 11.6. The highest BCUT2D eigenvalue weighted by molar-refractivity contribution is 7.86. The Morgan fingerprint density at radius 3 is 2.31 bits per heavy atom. The number of nitrogens with one attached hydrogen (secondary N) is 2. The Hall–Kier alpha value is -1.04. The van der Waals surface area contributed by atoms with Gasteiger partial charge in [0.15, 0.2) is 0 Å². The van der Waals surface area contributed by atoms with E-state index in [9.17, 15) is 25.9 Å². The van der Waals surface area contributed by atoms with Crippen molar-refractivity contribution in [2.45, 2.75) is 41.8 Å². The van der Waals surface area contributed by atoms with Crippen molar-refractivity contribution < 1.29 is 25.9 Å². The van der Waals surface area contributed by atoms with Gasteiger partial charge in [0.05, 0.1) is 0 Å². The Balaban J connectivity index is 2.18. The number of allylic oxidation sites excluding steroid dienone is 4. The van der Waals surface area contributed by atoms with E-state index in [1.807, 2.05) is 6.08 Å². The highest BCUT2D eigenvalue weighted by Gasteiger charge is 2.34. The van der Waals surface area contributed by atoms with Crippen molar-refractivity contribution in [2.24, 2.45) is 5.92 Å². The van der Waals surface area contributed by atoms with E-state index in [4.69, 9.17) is 0 Å². The van der Waals surface area contributed by atoms with E-state index >= 15 is 0 Å². The molecule has 2 aliphatic rings. The lowest BCUT2D eigenvalue weighted by atomic mass is 9.89. The van der Waals surface area contributed by atoms with Gasteiger partial charge in [0.2, 0.25) is 0 Å². The van der Waals surface area contributed by atoms with Crippen molar-refractivity contribution in [1.29, 1.82) is 0 Å². The zero-order valence-corrected chi connectivity index (χ0v) is 16.4. The largest absolute Gasteiger partial charge is 0.315 e. The molecule has 4 N–H and O–H groups in total. The first-order chi connectivity index (χ1) is 12.1. The van der Waals surface area contributed by atoms with Crippen LogP contribution in [0.4, 0.5) is 0 Å². The third kappa shape index (κ3) is 5.24. The first kappa shape index (κ1) is 21.3. The number of hydrogen-bond acceptors (Lipinski definition) is 6. The van der Waals surface area contributed by atoms with Crippen molar-refractivity contribution in [1.82, 2.24) is 10.6 Å². The normalized spacial score (nSPS) is 33.4. The lowest BCUT2D eigenvalue weighted by Gasteiger charge is -2.29. The molecule has 0 aromatic carbocycles. The Bertz CT molecular complexity index is 801. The third-order valence-electron chi connectivity index (χ3n) is 4.98. The molecule has 5 unspecified atom stereocenters. The SMILES string of the molecule is CNC1C=CC(/C=C\C2=CC(S(=O)(=O)O)C(NC)CC2)CC1S(=O)(=O)O. The van der Waals surface area contributed by atoms with E-state index in [0.717, 1.165) is 5.57 Å². The average molecular weight is 407 g/mol. The molecular formula is C16H26N2O6S2. The lowest BCUT2D eigenvalue weighted by Crippen LogP contribution is -2.44. The zero-order chi connectivity index (χ0) is 19.5. The van der Waals surface area contributed by atoms with E-state index in [0.29, 0.717) is 12.8 Å². The maximum Gasteiger partial charge on any atom is 0.272 e. The molecule has 0 heterocycles. The second-order valence-electron chi connectivity index (χ2n) is 6.67. The van der Waals surface area contributed by atoms with Gasteiger partial charge < -0.3 is 10.6 Å². The summed E-state index contributed by atoms with van der Waals surface area (Å²) in [6.45, 7) is 0. The minimum absolute atomic E-state index is 0.196. The van der Waals surface area contributed by atoms with Crippen molar-refractivity contribution in [3.05, 3.63) is 36.0 Å². The summed E-state index contributed by atoms with van der Waals surface area (Å²) in [5.74, 6) is -0.196. The highest BCUT2D eigenvalue weighted by atomic mass is 32.2. The van der Waals surface area contributed by atoms with E-state index in [1.165, 1.54) is 6.08 Å². The first-order valence-corrected chi connectivity index (χ1v) is 11.4. The molecule has 26 heavy (non-hydrogen) atoms. The van der Waals surface area contributed by atoms with Gasteiger partial charge in [-0.2, -0.15) is 16.8 Å². The molecule has 0 aromatic rings. The van der Waals surface area contributed by atoms with Crippen LogP contribution in [0, 0.1) is 5.92 Å². The molecule has 8 nitrogen and oxygen atoms in total. The molecule has 2 aliphatic carbocycles. The molecule has 0 saturated heterocycles. The molecule has 0 saturated carbocycles. The van der Waals surface area contributed by atoms with Crippen LogP contribution in [0.3, 0.4) is 0 Å². The standard InChI is InChI=1S/C16H26N2O6S2/c1-17-13-7-5-11(9-15(13)25(19,20)21)3-4-12-6-8-14(18-2)16(10-12)26(22,23)24/h3-5,7,10-11,13-18H,6,8-9H2,1-2H3,(H,19,20,21)(H,22,23,24)/b4-3-. The smallest absolute Gasteiger partial charge is 0.272 e. The van der Waals surface area contributed by atoms with Crippen LogP contribution >= 0.6 is 0 Å². The summed E-state index contributed by atoms with van der Waals surface area (Å²) < 4.78 is 65.1. The highest BCUT2D eigenvalue weighted by Crippen LogP contribution is 2.27.